The number of amides is 1. The molecule has 1 amide bonds. The minimum atomic E-state index is -0.621. The average Bonchev–Trinajstić information content (AvgIpc) is 3.23. The van der Waals surface area contributed by atoms with Crippen LogP contribution in [-0.4, -0.2) is 40.9 Å². The van der Waals surface area contributed by atoms with Crippen LogP contribution in [0.5, 0.6) is 23.1 Å². The van der Waals surface area contributed by atoms with E-state index in [0.717, 1.165) is 16.4 Å². The Kier molecular flexibility index (Phi) is 8.27. The van der Waals surface area contributed by atoms with E-state index in [0.29, 0.717) is 42.8 Å². The molecule has 0 saturated carbocycles. The zero-order valence-electron chi connectivity index (χ0n) is 19.1. The highest BCUT2D eigenvalue weighted by Crippen LogP contribution is 2.29. The third kappa shape index (κ3) is 6.37. The third-order valence-electron chi connectivity index (χ3n) is 4.56. The Balaban J connectivity index is 1.55. The van der Waals surface area contributed by atoms with Crippen LogP contribution in [0.25, 0.3) is 0 Å². The van der Waals surface area contributed by atoms with Crippen molar-refractivity contribution in [2.24, 2.45) is 0 Å². The molecule has 0 radical (unpaired) electrons. The van der Waals surface area contributed by atoms with Gasteiger partial charge in [0.25, 0.3) is 0 Å². The number of nitrogens with zero attached hydrogens (tertiary/aromatic N) is 3. The van der Waals surface area contributed by atoms with Gasteiger partial charge in [0.2, 0.25) is 5.91 Å². The molecule has 1 heterocycles. The fourth-order valence-electron chi connectivity index (χ4n) is 3.08. The second-order valence-electron chi connectivity index (χ2n) is 6.99. The van der Waals surface area contributed by atoms with E-state index in [2.05, 4.69) is 10.4 Å². The molecule has 34 heavy (non-hydrogen) atoms. The summed E-state index contributed by atoms with van der Waals surface area (Å²) in [6, 6.07) is 12.5. The van der Waals surface area contributed by atoms with Crippen molar-refractivity contribution in [2.75, 3.05) is 25.6 Å². The van der Waals surface area contributed by atoms with Crippen molar-refractivity contribution in [3.05, 3.63) is 64.3 Å². The number of hydrogen-bond acceptors (Lipinski definition) is 8. The molecule has 3 aromatic rings. The first-order valence-corrected chi connectivity index (χ1v) is 10.6. The second-order valence-corrected chi connectivity index (χ2v) is 6.99. The molecule has 1 aromatic heterocycles. The smallest absolute Gasteiger partial charge is 0.350 e. The van der Waals surface area contributed by atoms with Gasteiger partial charge in [-0.1, -0.05) is 6.07 Å². The number of ether oxygens (including phenoxy) is 4. The van der Waals surface area contributed by atoms with Gasteiger partial charge in [-0.3, -0.25) is 19.6 Å². The van der Waals surface area contributed by atoms with E-state index < -0.39 is 10.8 Å². The molecule has 0 spiro atoms. The van der Waals surface area contributed by atoms with Crippen LogP contribution < -0.4 is 24.3 Å². The molecule has 11 nitrogen and oxygen atoms in total. The summed E-state index contributed by atoms with van der Waals surface area (Å²) in [4.78, 5) is 22.6. The fourth-order valence-corrected chi connectivity index (χ4v) is 3.08. The lowest BCUT2D eigenvalue weighted by molar-refractivity contribution is -0.385. The van der Waals surface area contributed by atoms with Crippen molar-refractivity contribution < 1.29 is 28.7 Å². The van der Waals surface area contributed by atoms with Gasteiger partial charge in [0.1, 0.15) is 25.1 Å². The number of nitrogens with one attached hydrogen (secondary N) is 1. The summed E-state index contributed by atoms with van der Waals surface area (Å²) >= 11 is 0. The standard InChI is InChI=1S/C23H26N4O7/c1-4-32-20-11-6-16(12-21(20)33-5-2)15-34-18-9-7-17(8-10-18)24-22(28)14-26-13-19(27(29)30)23(25-26)31-3/h6-13H,4-5,14-15H2,1-3H3,(H,24,28). The SMILES string of the molecule is CCOc1ccc(COc2ccc(NC(=O)Cn3cc([N+](=O)[O-])c(OC)n3)cc2)cc1OCC. The second kappa shape index (κ2) is 11.5. The van der Waals surface area contributed by atoms with Crippen LogP contribution in [0.1, 0.15) is 19.4 Å². The quantitative estimate of drug-likeness (QED) is 0.313. The van der Waals surface area contributed by atoms with E-state index >= 15 is 0 Å². The topological polar surface area (TPSA) is 127 Å². The van der Waals surface area contributed by atoms with Crippen LogP contribution in [0.2, 0.25) is 0 Å². The maximum atomic E-state index is 12.3. The number of carbonyl (C=O) groups is 1. The molecule has 11 heteroatoms. The normalized spacial score (nSPS) is 10.4. The number of anilines is 1. The van der Waals surface area contributed by atoms with Crippen molar-refractivity contribution in [2.45, 2.75) is 27.0 Å². The highest BCUT2D eigenvalue weighted by molar-refractivity contribution is 5.90. The van der Waals surface area contributed by atoms with E-state index in [1.54, 1.807) is 24.3 Å². The number of benzene rings is 2. The molecule has 2 aromatic carbocycles. The van der Waals surface area contributed by atoms with Crippen molar-refractivity contribution in [1.29, 1.82) is 0 Å². The van der Waals surface area contributed by atoms with Crippen molar-refractivity contribution in [1.82, 2.24) is 9.78 Å². The van der Waals surface area contributed by atoms with Crippen LogP contribution in [0.3, 0.4) is 0 Å². The number of hydrogen-bond donors (Lipinski definition) is 1. The summed E-state index contributed by atoms with van der Waals surface area (Å²) in [6.07, 6.45) is 1.15. The molecule has 0 bridgehead atoms. The summed E-state index contributed by atoms with van der Waals surface area (Å²) in [7, 11) is 1.27. The van der Waals surface area contributed by atoms with Crippen LogP contribution in [-0.2, 0) is 17.9 Å². The number of nitro groups is 1. The van der Waals surface area contributed by atoms with E-state index in [1.165, 1.54) is 7.11 Å². The Hall–Kier alpha value is -4.28. The maximum absolute atomic E-state index is 12.3. The molecule has 0 unspecified atom stereocenters. The van der Waals surface area contributed by atoms with Gasteiger partial charge < -0.3 is 24.3 Å². The first kappa shape index (κ1) is 24.4. The average molecular weight is 470 g/mol. The predicted molar refractivity (Wildman–Crippen MR) is 124 cm³/mol. The Morgan fingerprint density at radius 3 is 2.38 bits per heavy atom. The Morgan fingerprint density at radius 1 is 1.06 bits per heavy atom. The van der Waals surface area contributed by atoms with Crippen molar-refractivity contribution >= 4 is 17.3 Å². The number of aromatic nitrogens is 2. The fraction of sp³-hybridized carbons (Fsp3) is 0.304. The lowest BCUT2D eigenvalue weighted by Gasteiger charge is -2.13. The molecule has 180 valence electrons. The highest BCUT2D eigenvalue weighted by Gasteiger charge is 2.21. The first-order valence-electron chi connectivity index (χ1n) is 10.6. The zero-order valence-corrected chi connectivity index (χ0v) is 19.1. The summed E-state index contributed by atoms with van der Waals surface area (Å²) in [5.74, 6) is 1.43. The minimum absolute atomic E-state index is 0.153. The lowest BCUT2D eigenvalue weighted by Crippen LogP contribution is -2.19. The Labute approximate surface area is 196 Å². The number of carbonyl (C=O) groups excluding carboxylic acids is 1. The number of methoxy groups -OCH3 is 1. The van der Waals surface area contributed by atoms with Crippen LogP contribution in [0.15, 0.2) is 48.7 Å². The monoisotopic (exact) mass is 470 g/mol. The van der Waals surface area contributed by atoms with E-state index in [-0.39, 0.29) is 18.1 Å². The van der Waals surface area contributed by atoms with Crippen molar-refractivity contribution in [3.8, 4) is 23.1 Å². The van der Waals surface area contributed by atoms with E-state index in [9.17, 15) is 14.9 Å². The van der Waals surface area contributed by atoms with Gasteiger partial charge in [0.15, 0.2) is 11.5 Å². The summed E-state index contributed by atoms with van der Waals surface area (Å²) in [5.41, 5.74) is 1.16. The molecule has 0 fully saturated rings. The van der Waals surface area contributed by atoms with Gasteiger partial charge in [-0.15, -0.1) is 5.10 Å². The van der Waals surface area contributed by atoms with E-state index in [4.69, 9.17) is 18.9 Å². The van der Waals surface area contributed by atoms with Crippen LogP contribution in [0.4, 0.5) is 11.4 Å². The zero-order chi connectivity index (χ0) is 24.5. The maximum Gasteiger partial charge on any atom is 0.350 e. The van der Waals surface area contributed by atoms with Crippen LogP contribution in [0, 0.1) is 10.1 Å². The third-order valence-corrected chi connectivity index (χ3v) is 4.56. The molecular formula is C23H26N4O7. The molecule has 0 aliphatic heterocycles. The van der Waals surface area contributed by atoms with Gasteiger partial charge in [-0.25, -0.2) is 0 Å². The van der Waals surface area contributed by atoms with Gasteiger partial charge in [0.05, 0.1) is 25.2 Å². The molecule has 0 aliphatic rings. The predicted octanol–water partition coefficient (Wildman–Crippen LogP) is 3.82. The molecule has 3 rings (SSSR count). The van der Waals surface area contributed by atoms with Crippen molar-refractivity contribution in [3.63, 3.8) is 0 Å². The van der Waals surface area contributed by atoms with Gasteiger partial charge in [-0.2, -0.15) is 0 Å². The van der Waals surface area contributed by atoms with Gasteiger partial charge >= 0.3 is 11.6 Å². The highest BCUT2D eigenvalue weighted by atomic mass is 16.6. The number of rotatable bonds is 12. The molecule has 0 saturated heterocycles. The Morgan fingerprint density at radius 2 is 1.76 bits per heavy atom. The summed E-state index contributed by atoms with van der Waals surface area (Å²) in [6.45, 7) is 5.03. The Bertz CT molecular complexity index is 1130. The molecule has 1 N–H and O–H groups in total. The summed E-state index contributed by atoms with van der Waals surface area (Å²) < 4.78 is 23.0. The van der Waals surface area contributed by atoms with Crippen LogP contribution >= 0.6 is 0 Å². The largest absolute Gasteiger partial charge is 0.490 e. The van der Waals surface area contributed by atoms with Gasteiger partial charge in [-0.05, 0) is 55.8 Å². The molecule has 0 aliphatic carbocycles. The summed E-state index contributed by atoms with van der Waals surface area (Å²) in [5, 5.41) is 17.6. The lowest BCUT2D eigenvalue weighted by atomic mass is 10.2. The molecule has 0 atom stereocenters. The van der Waals surface area contributed by atoms with E-state index in [1.807, 2.05) is 32.0 Å². The first-order chi connectivity index (χ1) is 16.4. The van der Waals surface area contributed by atoms with Gasteiger partial charge in [0, 0.05) is 5.69 Å². The molecular weight excluding hydrogens is 444 g/mol. The minimum Gasteiger partial charge on any atom is -0.490 e.